The minimum Gasteiger partial charge on any atom is -0.491 e. The number of benzene rings is 1. The number of aromatic nitrogens is 1. The number of nitrogens with two attached hydrogens (primary N) is 1. The molecule has 3 N–H and O–H groups in total. The van der Waals surface area contributed by atoms with E-state index in [9.17, 15) is 4.79 Å². The molecule has 8 heteroatoms. The first kappa shape index (κ1) is 20.1. The van der Waals surface area contributed by atoms with Crippen molar-refractivity contribution in [1.82, 2.24) is 10.3 Å². The topological polar surface area (TPSA) is 121 Å². The molecule has 0 fully saturated rings. The van der Waals surface area contributed by atoms with E-state index in [-0.39, 0.29) is 24.7 Å². The lowest BCUT2D eigenvalue weighted by molar-refractivity contribution is -0.191. The van der Waals surface area contributed by atoms with Crippen molar-refractivity contribution in [3.8, 4) is 5.75 Å². The van der Waals surface area contributed by atoms with Crippen molar-refractivity contribution in [3.05, 3.63) is 30.0 Å². The number of rotatable bonds is 6. The van der Waals surface area contributed by atoms with E-state index in [0.717, 1.165) is 16.6 Å². The molecule has 0 bridgehead atoms. The van der Waals surface area contributed by atoms with Crippen molar-refractivity contribution in [2.45, 2.75) is 19.9 Å². The summed E-state index contributed by atoms with van der Waals surface area (Å²) in [5, 5.41) is 3.58. The Bertz CT molecular complexity index is 757. The summed E-state index contributed by atoms with van der Waals surface area (Å²) in [7, 11) is 1.48. The van der Waals surface area contributed by atoms with Gasteiger partial charge < -0.3 is 20.5 Å². The quantitative estimate of drug-likeness (QED) is 0.802. The van der Waals surface area contributed by atoms with E-state index in [0.29, 0.717) is 18.0 Å². The molecular weight excluding hydrogens is 326 g/mol. The highest BCUT2D eigenvalue weighted by molar-refractivity contribution is 5.95. The van der Waals surface area contributed by atoms with Crippen LogP contribution in [-0.2, 0) is 19.1 Å². The Morgan fingerprint density at radius 1 is 1.40 bits per heavy atom. The summed E-state index contributed by atoms with van der Waals surface area (Å²) in [6.45, 7) is 4.14. The Labute approximate surface area is 145 Å². The maximum Gasteiger partial charge on any atom is 0.373 e. The standard InChI is InChI=1S/C16H21N3O3.CO2/c1-10-7-12(17)16-13(18-10)5-4-6-14(16)22-8-11(2)19-15(20)9-21-3;2-1-3/h4-7,11H,8-9H2,1-3H3,(H2,17,18)(H,19,20);/t11-;/m0./s1. The van der Waals surface area contributed by atoms with E-state index < -0.39 is 0 Å². The minimum absolute atomic E-state index is 0.0365. The molecule has 1 atom stereocenters. The monoisotopic (exact) mass is 347 g/mol. The number of ether oxygens (including phenoxy) is 2. The van der Waals surface area contributed by atoms with Gasteiger partial charge in [-0.25, -0.2) is 0 Å². The normalized spacial score (nSPS) is 11.0. The molecule has 134 valence electrons. The molecule has 0 unspecified atom stereocenters. The van der Waals surface area contributed by atoms with E-state index in [1.54, 1.807) is 0 Å². The van der Waals surface area contributed by atoms with Gasteiger partial charge in [-0.05, 0) is 32.0 Å². The third-order valence-corrected chi connectivity index (χ3v) is 3.13. The first-order chi connectivity index (χ1) is 11.9. The maximum absolute atomic E-state index is 11.4. The van der Waals surface area contributed by atoms with Gasteiger partial charge in [0.05, 0.1) is 16.9 Å². The highest BCUT2D eigenvalue weighted by atomic mass is 16.5. The molecule has 0 radical (unpaired) electrons. The average Bonchev–Trinajstić information content (AvgIpc) is 2.53. The van der Waals surface area contributed by atoms with E-state index in [1.807, 2.05) is 38.1 Å². The largest absolute Gasteiger partial charge is 0.491 e. The van der Waals surface area contributed by atoms with Crippen LogP contribution in [0, 0.1) is 6.92 Å². The van der Waals surface area contributed by atoms with Crippen molar-refractivity contribution in [2.75, 3.05) is 26.1 Å². The van der Waals surface area contributed by atoms with Gasteiger partial charge in [-0.15, -0.1) is 0 Å². The number of anilines is 1. The van der Waals surface area contributed by atoms with Crippen LogP contribution >= 0.6 is 0 Å². The minimum atomic E-state index is -0.173. The number of hydrogen-bond donors (Lipinski definition) is 2. The van der Waals surface area contributed by atoms with Crippen molar-refractivity contribution in [3.63, 3.8) is 0 Å². The van der Waals surface area contributed by atoms with E-state index >= 15 is 0 Å². The third kappa shape index (κ3) is 6.21. The zero-order valence-electron chi connectivity index (χ0n) is 14.4. The van der Waals surface area contributed by atoms with Gasteiger partial charge in [-0.1, -0.05) is 6.07 Å². The Kier molecular flexibility index (Phi) is 8.05. The van der Waals surface area contributed by atoms with Gasteiger partial charge >= 0.3 is 6.15 Å². The second-order valence-electron chi connectivity index (χ2n) is 5.30. The molecule has 1 aromatic carbocycles. The van der Waals surface area contributed by atoms with Crippen LogP contribution < -0.4 is 15.8 Å². The first-order valence-electron chi connectivity index (χ1n) is 7.49. The molecule has 1 aromatic heterocycles. The summed E-state index contributed by atoms with van der Waals surface area (Å²) in [6.07, 6.45) is 0.250. The molecule has 0 aliphatic rings. The molecule has 0 aliphatic heterocycles. The second kappa shape index (κ2) is 10.0. The van der Waals surface area contributed by atoms with E-state index in [4.69, 9.17) is 24.8 Å². The lowest BCUT2D eigenvalue weighted by Crippen LogP contribution is -2.38. The number of nitrogens with zero attached hydrogens (tertiary/aromatic N) is 1. The number of hydrogen-bond acceptors (Lipinski definition) is 7. The van der Waals surface area contributed by atoms with Crippen LogP contribution in [0.1, 0.15) is 12.6 Å². The van der Waals surface area contributed by atoms with Crippen molar-refractivity contribution in [2.24, 2.45) is 0 Å². The van der Waals surface area contributed by atoms with Gasteiger partial charge in [0, 0.05) is 18.5 Å². The Morgan fingerprint density at radius 3 is 2.72 bits per heavy atom. The fraction of sp³-hybridized carbons (Fsp3) is 0.353. The molecule has 1 amide bonds. The van der Waals surface area contributed by atoms with Crippen LogP contribution in [-0.4, -0.2) is 43.4 Å². The fourth-order valence-corrected chi connectivity index (χ4v) is 2.25. The fourth-order valence-electron chi connectivity index (χ4n) is 2.25. The van der Waals surface area contributed by atoms with Gasteiger partial charge in [-0.3, -0.25) is 9.78 Å². The molecule has 0 saturated carbocycles. The number of nitrogen functional groups attached to an aromatic ring is 1. The van der Waals surface area contributed by atoms with Crippen molar-refractivity contribution in [1.29, 1.82) is 0 Å². The number of amides is 1. The van der Waals surface area contributed by atoms with Crippen LogP contribution in [0.15, 0.2) is 24.3 Å². The number of fused-ring (bicyclic) bond motifs is 1. The number of aryl methyl sites for hydroxylation is 1. The van der Waals surface area contributed by atoms with Crippen LogP contribution in [0.3, 0.4) is 0 Å². The van der Waals surface area contributed by atoms with Crippen molar-refractivity contribution < 1.29 is 23.9 Å². The summed E-state index contributed by atoms with van der Waals surface area (Å²) >= 11 is 0. The predicted molar refractivity (Wildman–Crippen MR) is 90.9 cm³/mol. The summed E-state index contributed by atoms with van der Waals surface area (Å²) in [6, 6.07) is 7.29. The van der Waals surface area contributed by atoms with Crippen LogP contribution in [0.5, 0.6) is 5.75 Å². The van der Waals surface area contributed by atoms with Gasteiger partial charge in [0.1, 0.15) is 19.0 Å². The van der Waals surface area contributed by atoms with Gasteiger partial charge in [0.15, 0.2) is 0 Å². The molecule has 0 saturated heterocycles. The molecule has 25 heavy (non-hydrogen) atoms. The Hall–Kier alpha value is -2.96. The average molecular weight is 347 g/mol. The van der Waals surface area contributed by atoms with Gasteiger partial charge in [0.2, 0.25) is 5.91 Å². The highest BCUT2D eigenvalue weighted by Gasteiger charge is 2.11. The van der Waals surface area contributed by atoms with Crippen LogP contribution in [0.25, 0.3) is 10.9 Å². The number of carbonyl (C=O) groups excluding carboxylic acids is 3. The van der Waals surface area contributed by atoms with Crippen LogP contribution in [0.2, 0.25) is 0 Å². The van der Waals surface area contributed by atoms with E-state index in [2.05, 4.69) is 10.3 Å². The molecule has 8 nitrogen and oxygen atoms in total. The molecule has 0 aliphatic carbocycles. The summed E-state index contributed by atoms with van der Waals surface area (Å²) in [4.78, 5) is 32.1. The van der Waals surface area contributed by atoms with E-state index in [1.165, 1.54) is 7.11 Å². The lowest BCUT2D eigenvalue weighted by Gasteiger charge is -2.16. The lowest BCUT2D eigenvalue weighted by atomic mass is 10.1. The van der Waals surface area contributed by atoms with Gasteiger partial charge in [-0.2, -0.15) is 9.59 Å². The SMILES string of the molecule is COCC(=O)N[C@@H](C)COc1cccc2nc(C)cc(N)c12.O=C=O. The van der Waals surface area contributed by atoms with Crippen LogP contribution in [0.4, 0.5) is 5.69 Å². The Morgan fingerprint density at radius 2 is 2.08 bits per heavy atom. The Balaban J connectivity index is 0.000000970. The summed E-state index contributed by atoms with van der Waals surface area (Å²) in [5.74, 6) is 0.490. The highest BCUT2D eigenvalue weighted by Crippen LogP contribution is 2.30. The molecular formula is C17H21N3O5. The van der Waals surface area contributed by atoms with Crippen molar-refractivity contribution >= 4 is 28.6 Å². The van der Waals surface area contributed by atoms with Gasteiger partial charge in [0.25, 0.3) is 0 Å². The molecule has 1 heterocycles. The first-order valence-corrected chi connectivity index (χ1v) is 7.49. The number of nitrogens with one attached hydrogen (secondary N) is 1. The number of methoxy groups -OCH3 is 1. The summed E-state index contributed by atoms with van der Waals surface area (Å²) in [5.41, 5.74) is 8.37. The molecule has 2 rings (SSSR count). The number of carbonyl (C=O) groups is 1. The predicted octanol–water partition coefficient (Wildman–Crippen LogP) is 1.07. The molecule has 2 aromatic rings. The number of pyridine rings is 1. The second-order valence-corrected chi connectivity index (χ2v) is 5.30. The zero-order chi connectivity index (χ0) is 18.8. The third-order valence-electron chi connectivity index (χ3n) is 3.13. The summed E-state index contributed by atoms with van der Waals surface area (Å²) < 4.78 is 10.6. The zero-order valence-corrected chi connectivity index (χ0v) is 14.4. The smallest absolute Gasteiger partial charge is 0.373 e. The maximum atomic E-state index is 11.4. The molecule has 0 spiro atoms.